The summed E-state index contributed by atoms with van der Waals surface area (Å²) < 4.78 is 0.896. The number of hydrogen-bond donors (Lipinski definition) is 2. The number of carbonyl (C=O) groups is 2. The van der Waals surface area contributed by atoms with Gasteiger partial charge < -0.3 is 10.4 Å². The summed E-state index contributed by atoms with van der Waals surface area (Å²) in [6.45, 7) is 7.60. The molecule has 2 N–H and O–H groups in total. The van der Waals surface area contributed by atoms with E-state index in [0.717, 1.165) is 26.7 Å². The maximum absolute atomic E-state index is 12.6. The molecule has 0 aliphatic rings. The van der Waals surface area contributed by atoms with Crippen molar-refractivity contribution in [2.45, 2.75) is 34.1 Å². The molecule has 0 radical (unpaired) electrons. The van der Waals surface area contributed by atoms with E-state index in [9.17, 15) is 14.7 Å². The summed E-state index contributed by atoms with van der Waals surface area (Å²) in [5.74, 6) is -2.70. The van der Waals surface area contributed by atoms with Gasteiger partial charge in [-0.25, -0.2) is 0 Å². The van der Waals surface area contributed by atoms with Gasteiger partial charge in [-0.2, -0.15) is 0 Å². The first-order valence-corrected chi connectivity index (χ1v) is 9.33. The van der Waals surface area contributed by atoms with Crippen LogP contribution in [0.4, 0.5) is 5.69 Å². The minimum Gasteiger partial charge on any atom is -0.481 e. The first-order chi connectivity index (χ1) is 12.2. The third kappa shape index (κ3) is 5.18. The van der Waals surface area contributed by atoms with Crippen molar-refractivity contribution in [2.75, 3.05) is 5.32 Å². The highest BCUT2D eigenvalue weighted by molar-refractivity contribution is 9.10. The molecule has 0 unspecified atom stereocenters. The predicted molar refractivity (Wildman–Crippen MR) is 107 cm³/mol. The SMILES string of the molecule is Cc1cc(C)cc(C[C@@H](C(=O)O)[C@H](C)C(=O)Nc2ccc(C)c(Br)c2)c1. The first kappa shape index (κ1) is 20.2. The Kier molecular flexibility index (Phi) is 6.59. The molecular weight excluding hydrogens is 394 g/mol. The van der Waals surface area contributed by atoms with E-state index in [1.54, 1.807) is 6.92 Å². The normalized spacial score (nSPS) is 13.1. The highest BCUT2D eigenvalue weighted by Gasteiger charge is 2.30. The zero-order valence-electron chi connectivity index (χ0n) is 15.5. The molecular formula is C21H24BrNO3. The summed E-state index contributed by atoms with van der Waals surface area (Å²) in [7, 11) is 0. The van der Waals surface area contributed by atoms with Gasteiger partial charge in [0.2, 0.25) is 5.91 Å². The van der Waals surface area contributed by atoms with Crippen molar-refractivity contribution in [1.29, 1.82) is 0 Å². The molecule has 0 spiro atoms. The lowest BCUT2D eigenvalue weighted by atomic mass is 9.86. The molecule has 5 heteroatoms. The number of hydrogen-bond acceptors (Lipinski definition) is 2. The zero-order valence-corrected chi connectivity index (χ0v) is 17.1. The maximum Gasteiger partial charge on any atom is 0.307 e. The molecule has 0 saturated carbocycles. The summed E-state index contributed by atoms with van der Waals surface area (Å²) in [5.41, 5.74) is 4.83. The van der Waals surface area contributed by atoms with E-state index >= 15 is 0 Å². The molecule has 0 aliphatic heterocycles. The zero-order chi connectivity index (χ0) is 19.4. The third-order valence-corrected chi connectivity index (χ3v) is 5.37. The number of aliphatic carboxylic acids is 1. The topological polar surface area (TPSA) is 66.4 Å². The maximum atomic E-state index is 12.6. The third-order valence-electron chi connectivity index (χ3n) is 4.51. The van der Waals surface area contributed by atoms with E-state index in [1.807, 2.05) is 57.2 Å². The minimum atomic E-state index is -0.961. The van der Waals surface area contributed by atoms with Crippen LogP contribution in [0, 0.1) is 32.6 Å². The Morgan fingerprint density at radius 3 is 2.23 bits per heavy atom. The Morgan fingerprint density at radius 2 is 1.69 bits per heavy atom. The van der Waals surface area contributed by atoms with Crippen LogP contribution in [0.1, 0.15) is 29.2 Å². The fourth-order valence-corrected chi connectivity index (χ4v) is 3.41. The largest absolute Gasteiger partial charge is 0.481 e. The van der Waals surface area contributed by atoms with Gasteiger partial charge in [0.05, 0.1) is 5.92 Å². The van der Waals surface area contributed by atoms with Gasteiger partial charge in [-0.15, -0.1) is 0 Å². The quantitative estimate of drug-likeness (QED) is 0.702. The average Bonchev–Trinajstić information content (AvgIpc) is 2.54. The fraction of sp³-hybridized carbons (Fsp3) is 0.333. The molecule has 4 nitrogen and oxygen atoms in total. The summed E-state index contributed by atoms with van der Waals surface area (Å²) in [4.78, 5) is 24.4. The summed E-state index contributed by atoms with van der Waals surface area (Å²) in [5, 5.41) is 12.5. The van der Waals surface area contributed by atoms with E-state index in [0.29, 0.717) is 12.1 Å². The number of carboxylic acid groups (broad SMARTS) is 1. The van der Waals surface area contributed by atoms with Crippen molar-refractivity contribution in [2.24, 2.45) is 11.8 Å². The molecule has 2 rings (SSSR count). The van der Waals surface area contributed by atoms with Crippen LogP contribution in [0.5, 0.6) is 0 Å². The second kappa shape index (κ2) is 8.49. The number of carboxylic acids is 1. The molecule has 0 aliphatic carbocycles. The highest BCUT2D eigenvalue weighted by atomic mass is 79.9. The molecule has 0 saturated heterocycles. The molecule has 2 aromatic carbocycles. The van der Waals surface area contributed by atoms with Crippen LogP contribution in [0.2, 0.25) is 0 Å². The average molecular weight is 418 g/mol. The number of carbonyl (C=O) groups excluding carboxylic acids is 1. The second-order valence-electron chi connectivity index (χ2n) is 6.89. The summed E-state index contributed by atoms with van der Waals surface area (Å²) >= 11 is 3.44. The van der Waals surface area contributed by atoms with Crippen LogP contribution in [0.15, 0.2) is 40.9 Å². The Bertz CT molecular complexity index is 812. The summed E-state index contributed by atoms with van der Waals surface area (Å²) in [6.07, 6.45) is 0.323. The van der Waals surface area contributed by atoms with Crippen LogP contribution in [0.3, 0.4) is 0 Å². The van der Waals surface area contributed by atoms with Crippen molar-refractivity contribution < 1.29 is 14.7 Å². The van der Waals surface area contributed by atoms with Crippen molar-refractivity contribution in [3.05, 3.63) is 63.1 Å². The molecule has 138 valence electrons. The number of nitrogens with one attached hydrogen (secondary N) is 1. The second-order valence-corrected chi connectivity index (χ2v) is 7.74. The molecule has 0 heterocycles. The lowest BCUT2D eigenvalue weighted by molar-refractivity contribution is -0.145. The van der Waals surface area contributed by atoms with E-state index in [2.05, 4.69) is 21.2 Å². The fourth-order valence-electron chi connectivity index (χ4n) is 3.03. The molecule has 26 heavy (non-hydrogen) atoms. The van der Waals surface area contributed by atoms with Crippen LogP contribution < -0.4 is 5.32 Å². The van der Waals surface area contributed by atoms with Gasteiger partial charge in [-0.1, -0.05) is 58.2 Å². The Morgan fingerprint density at radius 1 is 1.08 bits per heavy atom. The number of halogens is 1. The van der Waals surface area contributed by atoms with E-state index in [4.69, 9.17) is 0 Å². The Labute approximate surface area is 162 Å². The monoisotopic (exact) mass is 417 g/mol. The molecule has 1 amide bonds. The van der Waals surface area contributed by atoms with Crippen LogP contribution in [-0.2, 0) is 16.0 Å². The highest BCUT2D eigenvalue weighted by Crippen LogP contribution is 2.24. The first-order valence-electron chi connectivity index (χ1n) is 8.54. The number of aryl methyl sites for hydroxylation is 3. The number of benzene rings is 2. The number of rotatable bonds is 6. The standard InChI is InChI=1S/C21H24BrNO3/c1-12-7-13(2)9-16(8-12)10-18(21(25)26)15(4)20(24)23-17-6-5-14(3)19(22)11-17/h5-9,11,15,18H,10H2,1-4H3,(H,23,24)(H,25,26)/t15-,18+/m0/s1. The van der Waals surface area contributed by atoms with Gasteiger partial charge in [0.25, 0.3) is 0 Å². The van der Waals surface area contributed by atoms with E-state index in [-0.39, 0.29) is 5.91 Å². The van der Waals surface area contributed by atoms with E-state index < -0.39 is 17.8 Å². The van der Waals surface area contributed by atoms with Crippen molar-refractivity contribution in [1.82, 2.24) is 0 Å². The van der Waals surface area contributed by atoms with Gasteiger partial charge in [0, 0.05) is 16.1 Å². The lowest BCUT2D eigenvalue weighted by Crippen LogP contribution is -2.33. The van der Waals surface area contributed by atoms with E-state index in [1.165, 1.54) is 0 Å². The molecule has 0 aromatic heterocycles. The molecule has 2 aromatic rings. The summed E-state index contributed by atoms with van der Waals surface area (Å²) in [6, 6.07) is 11.5. The predicted octanol–water partition coefficient (Wildman–Crippen LogP) is 4.89. The molecule has 2 atom stereocenters. The van der Waals surface area contributed by atoms with Crippen molar-refractivity contribution >= 4 is 33.5 Å². The smallest absolute Gasteiger partial charge is 0.307 e. The van der Waals surface area contributed by atoms with Crippen LogP contribution in [0.25, 0.3) is 0 Å². The van der Waals surface area contributed by atoms with Crippen LogP contribution in [-0.4, -0.2) is 17.0 Å². The molecule has 0 fully saturated rings. The van der Waals surface area contributed by atoms with Gasteiger partial charge in [-0.05, 0) is 50.5 Å². The molecule has 0 bridgehead atoms. The van der Waals surface area contributed by atoms with Crippen molar-refractivity contribution in [3.63, 3.8) is 0 Å². The van der Waals surface area contributed by atoms with Gasteiger partial charge in [0.1, 0.15) is 0 Å². The Balaban J connectivity index is 2.16. The Hall–Kier alpha value is -2.14. The van der Waals surface area contributed by atoms with Gasteiger partial charge in [0.15, 0.2) is 0 Å². The number of amides is 1. The number of anilines is 1. The lowest BCUT2D eigenvalue weighted by Gasteiger charge is -2.20. The van der Waals surface area contributed by atoms with Crippen LogP contribution >= 0.6 is 15.9 Å². The van der Waals surface area contributed by atoms with Crippen molar-refractivity contribution in [3.8, 4) is 0 Å². The minimum absolute atomic E-state index is 0.294. The van der Waals surface area contributed by atoms with Gasteiger partial charge in [-0.3, -0.25) is 9.59 Å². The van der Waals surface area contributed by atoms with Gasteiger partial charge >= 0.3 is 5.97 Å².